The van der Waals surface area contributed by atoms with Crippen molar-refractivity contribution in [1.29, 1.82) is 0 Å². The van der Waals surface area contributed by atoms with E-state index < -0.39 is 0 Å². The van der Waals surface area contributed by atoms with Gasteiger partial charge < -0.3 is 16.0 Å². The number of para-hydroxylation sites is 1. The number of nitrogens with zero attached hydrogens (tertiary/aromatic N) is 7. The summed E-state index contributed by atoms with van der Waals surface area (Å²) in [6.45, 7) is 4.68. The Morgan fingerprint density at radius 2 is 1.64 bits per heavy atom. The van der Waals surface area contributed by atoms with Crippen LogP contribution in [0.3, 0.4) is 0 Å². The van der Waals surface area contributed by atoms with E-state index in [4.69, 9.17) is 10.8 Å². The van der Waals surface area contributed by atoms with E-state index in [2.05, 4.69) is 72.1 Å². The molecule has 2 aromatic carbocycles. The van der Waals surface area contributed by atoms with Gasteiger partial charge in [0.15, 0.2) is 10.8 Å². The maximum atomic E-state index is 6.40. The summed E-state index contributed by atoms with van der Waals surface area (Å²) in [6.07, 6.45) is 6.14. The Kier molecular flexibility index (Phi) is 6.38. The fourth-order valence-corrected chi connectivity index (χ4v) is 6.95. The molecular formula is C29H33N9S. The summed E-state index contributed by atoms with van der Waals surface area (Å²) in [5, 5.41) is 10.3. The summed E-state index contributed by atoms with van der Waals surface area (Å²) in [6, 6.07) is 17.5. The molecule has 5 aromatic rings. The predicted octanol–water partition coefficient (Wildman–Crippen LogP) is 5.16. The Morgan fingerprint density at radius 1 is 0.897 bits per heavy atom. The van der Waals surface area contributed by atoms with E-state index in [0.29, 0.717) is 17.9 Å². The first-order valence-corrected chi connectivity index (χ1v) is 14.6. The van der Waals surface area contributed by atoms with Gasteiger partial charge in [-0.25, -0.2) is 19.6 Å². The lowest BCUT2D eigenvalue weighted by Gasteiger charge is -2.41. The van der Waals surface area contributed by atoms with Gasteiger partial charge in [0.05, 0.1) is 21.6 Å². The molecule has 200 valence electrons. The van der Waals surface area contributed by atoms with Gasteiger partial charge in [-0.3, -0.25) is 4.90 Å². The first kappa shape index (κ1) is 24.4. The minimum Gasteiger partial charge on any atom is -0.383 e. The summed E-state index contributed by atoms with van der Waals surface area (Å²) >= 11 is 1.65. The fourth-order valence-electron chi connectivity index (χ4n) is 6.07. The van der Waals surface area contributed by atoms with E-state index in [9.17, 15) is 0 Å². The second-order valence-electron chi connectivity index (χ2n) is 10.7. The third-order valence-corrected chi connectivity index (χ3v) is 9.24. The van der Waals surface area contributed by atoms with Gasteiger partial charge in [-0.05, 0) is 57.0 Å². The van der Waals surface area contributed by atoms with Crippen LogP contribution in [0.2, 0.25) is 0 Å². The van der Waals surface area contributed by atoms with E-state index in [1.807, 2.05) is 18.2 Å². The second kappa shape index (κ2) is 10.2. The van der Waals surface area contributed by atoms with Crippen LogP contribution in [0.5, 0.6) is 0 Å². The summed E-state index contributed by atoms with van der Waals surface area (Å²) in [7, 11) is 2.22. The number of nitrogens with one attached hydrogen (secondary N) is 1. The van der Waals surface area contributed by atoms with Crippen LogP contribution in [0.1, 0.15) is 31.7 Å². The zero-order valence-corrected chi connectivity index (χ0v) is 22.9. The lowest BCUT2D eigenvalue weighted by atomic mass is 9.90. The van der Waals surface area contributed by atoms with Gasteiger partial charge in [0, 0.05) is 43.5 Å². The average molecular weight is 540 g/mol. The number of piperazine rings is 1. The molecule has 3 N–H and O–H groups in total. The zero-order valence-electron chi connectivity index (χ0n) is 22.1. The van der Waals surface area contributed by atoms with Crippen molar-refractivity contribution in [3.63, 3.8) is 0 Å². The first-order chi connectivity index (χ1) is 19.1. The molecule has 7 rings (SSSR count). The van der Waals surface area contributed by atoms with Crippen molar-refractivity contribution < 1.29 is 0 Å². The molecule has 1 saturated heterocycles. The summed E-state index contributed by atoms with van der Waals surface area (Å²) < 4.78 is 3.29. The molecule has 0 unspecified atom stereocenters. The molecule has 1 aliphatic carbocycles. The molecule has 9 nitrogen and oxygen atoms in total. The average Bonchev–Trinajstić information content (AvgIpc) is 3.56. The van der Waals surface area contributed by atoms with Crippen LogP contribution in [-0.2, 0) is 0 Å². The number of hydrogen-bond donors (Lipinski definition) is 2. The van der Waals surface area contributed by atoms with Crippen molar-refractivity contribution in [1.82, 2.24) is 34.5 Å². The van der Waals surface area contributed by atoms with Gasteiger partial charge in [-0.1, -0.05) is 35.6 Å². The van der Waals surface area contributed by atoms with E-state index in [0.717, 1.165) is 64.6 Å². The lowest BCUT2D eigenvalue weighted by Crippen LogP contribution is -2.49. The van der Waals surface area contributed by atoms with E-state index in [-0.39, 0.29) is 0 Å². The number of nitrogen functional groups attached to an aromatic ring is 1. The number of thiazole rings is 1. The molecule has 0 spiro atoms. The van der Waals surface area contributed by atoms with Crippen LogP contribution in [0.25, 0.3) is 32.5 Å². The monoisotopic (exact) mass is 539 g/mol. The van der Waals surface area contributed by atoms with Gasteiger partial charge in [0.25, 0.3) is 0 Å². The Hall–Kier alpha value is -3.60. The van der Waals surface area contributed by atoms with E-state index in [1.54, 1.807) is 17.7 Å². The Morgan fingerprint density at radius 3 is 2.41 bits per heavy atom. The van der Waals surface area contributed by atoms with Crippen molar-refractivity contribution in [3.8, 4) is 11.3 Å². The highest BCUT2D eigenvalue weighted by atomic mass is 32.1. The quantitative estimate of drug-likeness (QED) is 0.316. The Bertz CT molecular complexity index is 1560. The maximum Gasteiger partial charge on any atom is 0.188 e. The molecule has 0 atom stereocenters. The van der Waals surface area contributed by atoms with Gasteiger partial charge >= 0.3 is 0 Å². The zero-order chi connectivity index (χ0) is 26.3. The standard InChI is InChI=1S/C29H33N9S/c1-36-14-16-37(17-15-36)21-10-12-22(13-11-21)38-28-25(27(30)31-18-32-28)26(35-38)19-6-8-20(9-7-19)33-29-34-23-4-2-3-5-24(23)39-29/h2-9,18,21-22H,10-17H2,1H3,(H,33,34)(H2,30,31,32)/t21-,22+. The number of aromatic nitrogens is 5. The molecule has 3 aromatic heterocycles. The molecule has 0 bridgehead atoms. The van der Waals surface area contributed by atoms with Crippen LogP contribution in [0.4, 0.5) is 16.6 Å². The molecule has 1 saturated carbocycles. The molecular weight excluding hydrogens is 506 g/mol. The number of fused-ring (bicyclic) bond motifs is 2. The molecule has 0 amide bonds. The van der Waals surface area contributed by atoms with Crippen molar-refractivity contribution in [2.24, 2.45) is 0 Å². The lowest BCUT2D eigenvalue weighted by molar-refractivity contribution is 0.0815. The second-order valence-corrected chi connectivity index (χ2v) is 11.8. The molecule has 10 heteroatoms. The minimum atomic E-state index is 0.319. The summed E-state index contributed by atoms with van der Waals surface area (Å²) in [5.74, 6) is 0.476. The molecule has 4 heterocycles. The van der Waals surface area contributed by atoms with Crippen LogP contribution in [0, 0.1) is 0 Å². The van der Waals surface area contributed by atoms with Gasteiger partial charge in [-0.2, -0.15) is 5.10 Å². The SMILES string of the molecule is CN1CCN([C@H]2CC[C@@H](n3nc(-c4ccc(Nc5nc6ccccc6s5)cc4)c4c(N)ncnc43)CC2)CC1. The number of benzene rings is 2. The van der Waals surface area contributed by atoms with Crippen LogP contribution >= 0.6 is 11.3 Å². The van der Waals surface area contributed by atoms with Gasteiger partial charge in [0.1, 0.15) is 17.8 Å². The summed E-state index contributed by atoms with van der Waals surface area (Å²) in [5.41, 5.74) is 11.1. The van der Waals surface area contributed by atoms with E-state index in [1.165, 1.54) is 30.6 Å². The number of likely N-dealkylation sites (N-methyl/N-ethyl adjacent to an activating group) is 1. The molecule has 39 heavy (non-hydrogen) atoms. The van der Waals surface area contributed by atoms with Gasteiger partial charge in [0.2, 0.25) is 0 Å². The highest BCUT2D eigenvalue weighted by Gasteiger charge is 2.30. The predicted molar refractivity (Wildman–Crippen MR) is 158 cm³/mol. The van der Waals surface area contributed by atoms with E-state index >= 15 is 0 Å². The number of anilines is 3. The minimum absolute atomic E-state index is 0.319. The highest BCUT2D eigenvalue weighted by Crippen LogP contribution is 2.37. The van der Waals surface area contributed by atoms with Crippen molar-refractivity contribution in [2.45, 2.75) is 37.8 Å². The van der Waals surface area contributed by atoms with Crippen molar-refractivity contribution >= 4 is 49.2 Å². The number of hydrogen-bond acceptors (Lipinski definition) is 9. The molecule has 1 aliphatic heterocycles. The summed E-state index contributed by atoms with van der Waals surface area (Å²) in [4.78, 5) is 18.8. The fraction of sp³-hybridized carbons (Fsp3) is 0.379. The van der Waals surface area contributed by atoms with Crippen LogP contribution < -0.4 is 11.1 Å². The largest absolute Gasteiger partial charge is 0.383 e. The van der Waals surface area contributed by atoms with Gasteiger partial charge in [-0.15, -0.1) is 0 Å². The van der Waals surface area contributed by atoms with Crippen LogP contribution in [-0.4, -0.2) is 73.8 Å². The molecule has 0 radical (unpaired) electrons. The van der Waals surface area contributed by atoms with Crippen LogP contribution in [0.15, 0.2) is 54.9 Å². The first-order valence-electron chi connectivity index (χ1n) is 13.8. The number of nitrogens with two attached hydrogens (primary N) is 1. The maximum absolute atomic E-state index is 6.40. The number of rotatable bonds is 5. The molecule has 2 fully saturated rings. The topological polar surface area (TPSA) is 101 Å². The third-order valence-electron chi connectivity index (χ3n) is 8.29. The third kappa shape index (κ3) is 4.73. The van der Waals surface area contributed by atoms with Crippen molar-refractivity contribution in [2.75, 3.05) is 44.3 Å². The van der Waals surface area contributed by atoms with Crippen molar-refractivity contribution in [3.05, 3.63) is 54.9 Å². The smallest absolute Gasteiger partial charge is 0.188 e. The molecule has 2 aliphatic rings. The Labute approximate surface area is 231 Å². The normalized spacial score (nSPS) is 21.1. The highest BCUT2D eigenvalue weighted by molar-refractivity contribution is 7.22. The Balaban J connectivity index is 1.12.